The summed E-state index contributed by atoms with van der Waals surface area (Å²) in [6.45, 7) is 2.49. The van der Waals surface area contributed by atoms with Gasteiger partial charge in [0.15, 0.2) is 0 Å². The Hall–Kier alpha value is -3.10. The zero-order chi connectivity index (χ0) is 27.8. The molecular formula is C25H28F4N6O3S. The Morgan fingerprint density at radius 1 is 1.18 bits per heavy atom. The second kappa shape index (κ2) is 10.8. The molecule has 0 saturated carbocycles. The van der Waals surface area contributed by atoms with Crippen molar-refractivity contribution in [2.24, 2.45) is 0 Å². The third-order valence-electron chi connectivity index (χ3n) is 6.62. The number of benzene rings is 1. The van der Waals surface area contributed by atoms with Crippen molar-refractivity contribution in [3.8, 4) is 11.3 Å². The minimum Gasteiger partial charge on any atom is -0.380 e. The quantitative estimate of drug-likeness (QED) is 0.334. The van der Waals surface area contributed by atoms with E-state index in [2.05, 4.69) is 25.6 Å². The van der Waals surface area contributed by atoms with Crippen LogP contribution >= 0.6 is 0 Å². The SMILES string of the molecule is CC(F)(F)CCS(=O)(=O)Nc1ccc(-c2cc(C3COC3)c3nc(N[C@@H]4CNC[C@@H](F)C4)ncc3n2)cc1F. The van der Waals surface area contributed by atoms with Crippen LogP contribution < -0.4 is 15.4 Å². The van der Waals surface area contributed by atoms with Crippen molar-refractivity contribution < 1.29 is 30.7 Å². The van der Waals surface area contributed by atoms with Crippen LogP contribution in [0.5, 0.6) is 0 Å². The fourth-order valence-electron chi connectivity index (χ4n) is 4.46. The lowest BCUT2D eigenvalue weighted by atomic mass is 9.95. The molecule has 2 aliphatic rings. The van der Waals surface area contributed by atoms with Crippen LogP contribution in [0.1, 0.15) is 31.2 Å². The minimum absolute atomic E-state index is 0.0381. The maximum absolute atomic E-state index is 14.9. The van der Waals surface area contributed by atoms with E-state index in [9.17, 15) is 26.0 Å². The van der Waals surface area contributed by atoms with E-state index in [1.54, 1.807) is 12.3 Å². The molecule has 1 aromatic carbocycles. The van der Waals surface area contributed by atoms with Gasteiger partial charge in [-0.2, -0.15) is 0 Å². The predicted molar refractivity (Wildman–Crippen MR) is 139 cm³/mol. The first-order valence-corrected chi connectivity index (χ1v) is 14.2. The largest absolute Gasteiger partial charge is 0.380 e. The maximum atomic E-state index is 14.9. The van der Waals surface area contributed by atoms with Gasteiger partial charge in [-0.3, -0.25) is 4.72 Å². The summed E-state index contributed by atoms with van der Waals surface area (Å²) in [6.07, 6.45) is 0.0523. The van der Waals surface area contributed by atoms with E-state index in [1.807, 2.05) is 4.72 Å². The summed E-state index contributed by atoms with van der Waals surface area (Å²) >= 11 is 0. The fraction of sp³-hybridized carbons (Fsp3) is 0.480. The van der Waals surface area contributed by atoms with Crippen LogP contribution in [0.3, 0.4) is 0 Å². The van der Waals surface area contributed by atoms with Crippen LogP contribution in [0.25, 0.3) is 22.3 Å². The number of aromatic nitrogens is 3. The number of fused-ring (bicyclic) bond motifs is 1. The molecule has 0 bridgehead atoms. The molecule has 4 heterocycles. The molecule has 2 fully saturated rings. The van der Waals surface area contributed by atoms with Crippen molar-refractivity contribution in [1.29, 1.82) is 0 Å². The fourth-order valence-corrected chi connectivity index (χ4v) is 5.69. The number of anilines is 2. The number of nitrogens with zero attached hydrogens (tertiary/aromatic N) is 3. The van der Waals surface area contributed by atoms with E-state index < -0.39 is 40.1 Å². The number of ether oxygens (including phenoxy) is 1. The first kappa shape index (κ1) is 27.5. The summed E-state index contributed by atoms with van der Waals surface area (Å²) < 4.78 is 86.5. The molecule has 0 aliphatic carbocycles. The van der Waals surface area contributed by atoms with Crippen molar-refractivity contribution in [2.75, 3.05) is 42.1 Å². The predicted octanol–water partition coefficient (Wildman–Crippen LogP) is 3.84. The Bertz CT molecular complexity index is 1470. The van der Waals surface area contributed by atoms with Gasteiger partial charge in [0.05, 0.1) is 42.1 Å². The molecule has 3 aromatic rings. The van der Waals surface area contributed by atoms with Gasteiger partial charge in [-0.05, 0) is 30.7 Å². The van der Waals surface area contributed by atoms with Crippen LogP contribution in [0.2, 0.25) is 0 Å². The zero-order valence-corrected chi connectivity index (χ0v) is 21.9. The molecule has 0 amide bonds. The van der Waals surface area contributed by atoms with Gasteiger partial charge in [0.1, 0.15) is 17.5 Å². The zero-order valence-electron chi connectivity index (χ0n) is 21.1. The highest BCUT2D eigenvalue weighted by molar-refractivity contribution is 7.92. The van der Waals surface area contributed by atoms with E-state index >= 15 is 0 Å². The molecule has 2 saturated heterocycles. The monoisotopic (exact) mass is 568 g/mol. The molecular weight excluding hydrogens is 540 g/mol. The van der Waals surface area contributed by atoms with Crippen molar-refractivity contribution >= 4 is 32.7 Å². The standard InChI is InChI=1S/C25H28F4N6O3S/c1-25(28,29)4-5-39(36,37)35-20-3-2-14(6-19(20)27)21-8-18(15-12-38-13-15)23-22(33-21)11-31-24(34-23)32-17-7-16(26)9-30-10-17/h2-3,6,8,11,15-17,30,35H,4-5,7,9-10,12-13H2,1H3,(H,31,32,34)/t16-,17-/m0/s1. The molecule has 5 rings (SSSR count). The van der Waals surface area contributed by atoms with Gasteiger partial charge in [-0.15, -0.1) is 0 Å². The lowest BCUT2D eigenvalue weighted by Gasteiger charge is -2.28. The van der Waals surface area contributed by atoms with Crippen LogP contribution in [0.15, 0.2) is 30.5 Å². The Morgan fingerprint density at radius 3 is 2.64 bits per heavy atom. The number of nitrogens with one attached hydrogen (secondary N) is 3. The summed E-state index contributed by atoms with van der Waals surface area (Å²) in [5, 5.41) is 6.20. The van der Waals surface area contributed by atoms with Crippen molar-refractivity contribution in [1.82, 2.24) is 20.3 Å². The number of sulfonamides is 1. The Kier molecular flexibility index (Phi) is 7.62. The number of hydrogen-bond acceptors (Lipinski definition) is 8. The van der Waals surface area contributed by atoms with Gasteiger partial charge < -0.3 is 15.4 Å². The Labute approximate surface area is 222 Å². The van der Waals surface area contributed by atoms with E-state index in [0.29, 0.717) is 67.9 Å². The van der Waals surface area contributed by atoms with E-state index in [0.717, 1.165) is 11.6 Å². The highest BCUT2D eigenvalue weighted by Gasteiger charge is 2.27. The molecule has 39 heavy (non-hydrogen) atoms. The molecule has 9 nitrogen and oxygen atoms in total. The highest BCUT2D eigenvalue weighted by atomic mass is 32.2. The molecule has 0 radical (unpaired) electrons. The molecule has 2 aliphatic heterocycles. The number of piperidine rings is 1. The van der Waals surface area contributed by atoms with Crippen LogP contribution in [-0.2, 0) is 14.8 Å². The number of hydrogen-bond donors (Lipinski definition) is 3. The van der Waals surface area contributed by atoms with Gasteiger partial charge in [0.25, 0.3) is 0 Å². The summed E-state index contributed by atoms with van der Waals surface area (Å²) in [6, 6.07) is 5.47. The van der Waals surface area contributed by atoms with E-state index in [1.165, 1.54) is 12.1 Å². The van der Waals surface area contributed by atoms with Crippen molar-refractivity contribution in [3.05, 3.63) is 41.8 Å². The van der Waals surface area contributed by atoms with Gasteiger partial charge >= 0.3 is 0 Å². The molecule has 0 unspecified atom stereocenters. The van der Waals surface area contributed by atoms with Crippen LogP contribution in [0.4, 0.5) is 29.2 Å². The number of halogens is 4. The van der Waals surface area contributed by atoms with Gasteiger partial charge in [-0.1, -0.05) is 6.07 Å². The summed E-state index contributed by atoms with van der Waals surface area (Å²) in [4.78, 5) is 13.6. The molecule has 210 valence electrons. The van der Waals surface area contributed by atoms with E-state index in [4.69, 9.17) is 4.74 Å². The second-order valence-corrected chi connectivity index (χ2v) is 11.9. The van der Waals surface area contributed by atoms with Crippen LogP contribution in [-0.4, -0.2) is 73.6 Å². The highest BCUT2D eigenvalue weighted by Crippen LogP contribution is 2.34. The van der Waals surface area contributed by atoms with Gasteiger partial charge in [0, 0.05) is 43.5 Å². The average molecular weight is 569 g/mol. The molecule has 3 N–H and O–H groups in total. The van der Waals surface area contributed by atoms with Gasteiger partial charge in [-0.25, -0.2) is 40.9 Å². The third-order valence-corrected chi connectivity index (χ3v) is 7.90. The molecule has 14 heteroatoms. The van der Waals surface area contributed by atoms with Crippen molar-refractivity contribution in [3.63, 3.8) is 0 Å². The lowest BCUT2D eigenvalue weighted by Crippen LogP contribution is -2.44. The second-order valence-electron chi connectivity index (χ2n) is 10.0. The molecule has 0 spiro atoms. The summed E-state index contributed by atoms with van der Waals surface area (Å²) in [7, 11) is -4.18. The lowest BCUT2D eigenvalue weighted by molar-refractivity contribution is 0.00893. The molecule has 2 aromatic heterocycles. The summed E-state index contributed by atoms with van der Waals surface area (Å²) in [5.74, 6) is -4.50. The third kappa shape index (κ3) is 6.73. The Balaban J connectivity index is 1.41. The van der Waals surface area contributed by atoms with E-state index in [-0.39, 0.29) is 17.6 Å². The van der Waals surface area contributed by atoms with Crippen LogP contribution in [0, 0.1) is 5.82 Å². The molecule has 2 atom stereocenters. The normalized spacial score (nSPS) is 20.5. The maximum Gasteiger partial charge on any atom is 0.246 e. The average Bonchev–Trinajstić information content (AvgIpc) is 2.83. The first-order valence-electron chi connectivity index (χ1n) is 12.5. The summed E-state index contributed by atoms with van der Waals surface area (Å²) in [5.41, 5.74) is 2.35. The first-order chi connectivity index (χ1) is 18.5. The Morgan fingerprint density at radius 2 is 1.97 bits per heavy atom. The van der Waals surface area contributed by atoms with Gasteiger partial charge in [0.2, 0.25) is 21.9 Å². The smallest absolute Gasteiger partial charge is 0.246 e. The topological polar surface area (TPSA) is 118 Å². The number of alkyl halides is 3. The minimum atomic E-state index is -4.18. The van der Waals surface area contributed by atoms with Crippen molar-refractivity contribution in [2.45, 2.75) is 43.8 Å². The number of pyridine rings is 1. The number of rotatable bonds is 9.